The molecule has 0 aliphatic carbocycles. The predicted octanol–water partition coefficient (Wildman–Crippen LogP) is 14.0. The molecule has 0 aliphatic heterocycles. The van der Waals surface area contributed by atoms with Crippen molar-refractivity contribution in [1.82, 2.24) is 4.57 Å². The van der Waals surface area contributed by atoms with Crippen molar-refractivity contribution < 1.29 is 0 Å². The van der Waals surface area contributed by atoms with Crippen LogP contribution in [0.2, 0.25) is 0 Å². The molecule has 0 aliphatic rings. The molecular weight excluding hydrogens is 615 g/mol. The van der Waals surface area contributed by atoms with Crippen LogP contribution in [-0.2, 0) is 0 Å². The molecule has 0 saturated heterocycles. The molecule has 0 radical (unpaired) electrons. The van der Waals surface area contributed by atoms with Crippen molar-refractivity contribution in [3.63, 3.8) is 0 Å². The van der Waals surface area contributed by atoms with E-state index in [1.807, 2.05) is 0 Å². The SMILES string of the molecule is Cc1cc2c(-n3c4ccccc4c4ccccc43)c(C)cc3c4cc5c(cc4c(c1)c23)c(-c1ccccc1)c1c2ccccc2c2cccc5c21. The molecule has 12 rings (SSSR count). The van der Waals surface area contributed by atoms with Crippen molar-refractivity contribution in [3.8, 4) is 16.8 Å². The van der Waals surface area contributed by atoms with E-state index in [1.54, 1.807) is 0 Å². The van der Waals surface area contributed by atoms with Gasteiger partial charge in [-0.15, -0.1) is 0 Å². The highest BCUT2D eigenvalue weighted by Crippen LogP contribution is 2.51. The summed E-state index contributed by atoms with van der Waals surface area (Å²) in [5, 5.41) is 21.3. The van der Waals surface area contributed by atoms with Crippen molar-refractivity contribution >= 4 is 97.2 Å². The van der Waals surface area contributed by atoms with Gasteiger partial charge in [0.05, 0.1) is 16.7 Å². The van der Waals surface area contributed by atoms with Gasteiger partial charge < -0.3 is 4.57 Å². The number of hydrogen-bond acceptors (Lipinski definition) is 0. The molecule has 1 heterocycles. The van der Waals surface area contributed by atoms with Gasteiger partial charge >= 0.3 is 0 Å². The number of rotatable bonds is 2. The molecule has 0 N–H and O–H groups in total. The summed E-state index contributed by atoms with van der Waals surface area (Å²) in [6.07, 6.45) is 0. The molecule has 0 unspecified atom stereocenters. The van der Waals surface area contributed by atoms with Gasteiger partial charge in [0.1, 0.15) is 0 Å². The number of aromatic nitrogens is 1. The zero-order chi connectivity index (χ0) is 33.5. The van der Waals surface area contributed by atoms with Gasteiger partial charge in [-0.2, -0.15) is 0 Å². The van der Waals surface area contributed by atoms with Crippen LogP contribution in [-0.4, -0.2) is 4.57 Å². The van der Waals surface area contributed by atoms with Crippen LogP contribution >= 0.6 is 0 Å². The summed E-state index contributed by atoms with van der Waals surface area (Å²) in [6.45, 7) is 4.56. The van der Waals surface area contributed by atoms with Gasteiger partial charge in [0.2, 0.25) is 0 Å². The van der Waals surface area contributed by atoms with Gasteiger partial charge in [0, 0.05) is 16.2 Å². The van der Waals surface area contributed by atoms with Gasteiger partial charge in [-0.25, -0.2) is 0 Å². The molecule has 1 aromatic heterocycles. The van der Waals surface area contributed by atoms with E-state index in [1.165, 1.54) is 125 Å². The Morgan fingerprint density at radius 3 is 1.57 bits per heavy atom. The van der Waals surface area contributed by atoms with Crippen LogP contribution in [0.3, 0.4) is 0 Å². The zero-order valence-corrected chi connectivity index (χ0v) is 28.4. The van der Waals surface area contributed by atoms with Gasteiger partial charge in [-0.1, -0.05) is 115 Å². The minimum absolute atomic E-state index is 1.25. The first-order valence-corrected chi connectivity index (χ1v) is 17.9. The second kappa shape index (κ2) is 9.62. The van der Waals surface area contributed by atoms with E-state index in [0.29, 0.717) is 0 Å². The molecule has 0 saturated carbocycles. The summed E-state index contributed by atoms with van der Waals surface area (Å²) in [5.41, 5.74) is 8.94. The summed E-state index contributed by atoms with van der Waals surface area (Å²) in [7, 11) is 0. The Balaban J connectivity index is 1.30. The lowest BCUT2D eigenvalue weighted by Crippen LogP contribution is -1.99. The van der Waals surface area contributed by atoms with Crippen LogP contribution in [0.5, 0.6) is 0 Å². The Hall–Kier alpha value is -6.44. The van der Waals surface area contributed by atoms with Crippen molar-refractivity contribution in [2.75, 3.05) is 0 Å². The first-order chi connectivity index (χ1) is 25.2. The van der Waals surface area contributed by atoms with E-state index in [-0.39, 0.29) is 0 Å². The van der Waals surface area contributed by atoms with E-state index in [4.69, 9.17) is 0 Å². The monoisotopic (exact) mass is 645 g/mol. The van der Waals surface area contributed by atoms with Crippen LogP contribution in [0.25, 0.3) is 114 Å². The van der Waals surface area contributed by atoms with E-state index in [2.05, 4.69) is 170 Å². The Labute approximate surface area is 294 Å². The minimum Gasteiger partial charge on any atom is -0.308 e. The maximum atomic E-state index is 2.53. The first kappa shape index (κ1) is 27.4. The number of nitrogens with zero attached hydrogens (tertiary/aromatic N) is 1. The van der Waals surface area contributed by atoms with Crippen LogP contribution in [0.1, 0.15) is 11.1 Å². The quantitative estimate of drug-likeness (QED) is 0.165. The van der Waals surface area contributed by atoms with Gasteiger partial charge in [0.25, 0.3) is 0 Å². The third-order valence-electron chi connectivity index (χ3n) is 11.8. The third-order valence-corrected chi connectivity index (χ3v) is 11.8. The van der Waals surface area contributed by atoms with E-state index in [0.717, 1.165) is 0 Å². The summed E-state index contributed by atoms with van der Waals surface area (Å²) < 4.78 is 2.51. The van der Waals surface area contributed by atoms with Gasteiger partial charge in [-0.3, -0.25) is 0 Å². The molecule has 1 nitrogen and oxygen atoms in total. The Kier molecular flexibility index (Phi) is 5.17. The first-order valence-electron chi connectivity index (χ1n) is 17.9. The fourth-order valence-corrected chi connectivity index (χ4v) is 9.83. The molecule has 236 valence electrons. The molecule has 0 fully saturated rings. The number of aryl methyl sites for hydroxylation is 2. The van der Waals surface area contributed by atoms with Crippen molar-refractivity contribution in [3.05, 3.63) is 163 Å². The fraction of sp³-hybridized carbons (Fsp3) is 0.0400. The van der Waals surface area contributed by atoms with Crippen LogP contribution < -0.4 is 0 Å². The van der Waals surface area contributed by atoms with Crippen LogP contribution in [0.4, 0.5) is 0 Å². The molecule has 1 heteroatoms. The average molecular weight is 646 g/mol. The van der Waals surface area contributed by atoms with Crippen molar-refractivity contribution in [1.29, 1.82) is 0 Å². The molecule has 51 heavy (non-hydrogen) atoms. The largest absolute Gasteiger partial charge is 0.308 e. The molecule has 0 spiro atoms. The maximum absolute atomic E-state index is 2.53. The van der Waals surface area contributed by atoms with Crippen LogP contribution in [0, 0.1) is 13.8 Å². The second-order valence-corrected chi connectivity index (χ2v) is 14.5. The lowest BCUT2D eigenvalue weighted by molar-refractivity contribution is 1.17. The molecular formula is C50H31N. The zero-order valence-electron chi connectivity index (χ0n) is 28.4. The number of hydrogen-bond donors (Lipinski definition) is 0. The minimum atomic E-state index is 1.25. The lowest BCUT2D eigenvalue weighted by Gasteiger charge is -2.16. The Bertz CT molecular complexity index is 3360. The number of benzene rings is 9. The smallest absolute Gasteiger partial charge is 0.0570 e. The highest BCUT2D eigenvalue weighted by molar-refractivity contribution is 6.41. The molecule has 0 atom stereocenters. The van der Waals surface area contributed by atoms with E-state index < -0.39 is 0 Å². The second-order valence-electron chi connectivity index (χ2n) is 14.5. The average Bonchev–Trinajstić information content (AvgIpc) is 3.79. The van der Waals surface area contributed by atoms with E-state index >= 15 is 0 Å². The topological polar surface area (TPSA) is 4.93 Å². The summed E-state index contributed by atoms with van der Waals surface area (Å²) in [6, 6.07) is 57.0. The predicted molar refractivity (Wildman–Crippen MR) is 221 cm³/mol. The summed E-state index contributed by atoms with van der Waals surface area (Å²) in [4.78, 5) is 0. The Morgan fingerprint density at radius 2 is 0.843 bits per heavy atom. The molecule has 0 bridgehead atoms. The summed E-state index contributed by atoms with van der Waals surface area (Å²) in [5.74, 6) is 0. The lowest BCUT2D eigenvalue weighted by atomic mass is 9.88. The summed E-state index contributed by atoms with van der Waals surface area (Å²) >= 11 is 0. The third kappa shape index (κ3) is 3.41. The van der Waals surface area contributed by atoms with Crippen molar-refractivity contribution in [2.24, 2.45) is 0 Å². The van der Waals surface area contributed by atoms with E-state index in [9.17, 15) is 0 Å². The highest BCUT2D eigenvalue weighted by Gasteiger charge is 2.24. The van der Waals surface area contributed by atoms with Gasteiger partial charge in [0.15, 0.2) is 0 Å². The standard InChI is InChI=1S/C50H31N/c1-28-23-40-39-27-42-37(36-20-12-19-34-31-15-6-7-18-35(31)49(48(34)36)46(42)30-13-4-3-5-14-30)26-38(39)41-25-29(2)50(43(24-28)47(40)41)51-44-21-10-8-16-32(44)33-17-9-11-22-45(33)51/h3-27H,1-2H3. The van der Waals surface area contributed by atoms with Crippen LogP contribution in [0.15, 0.2) is 152 Å². The number of fused-ring (bicyclic) bond motifs is 11. The van der Waals surface area contributed by atoms with Crippen molar-refractivity contribution in [2.45, 2.75) is 13.8 Å². The Morgan fingerprint density at radius 1 is 0.333 bits per heavy atom. The van der Waals surface area contributed by atoms with Gasteiger partial charge in [-0.05, 0) is 143 Å². The highest BCUT2D eigenvalue weighted by atomic mass is 15.0. The fourth-order valence-electron chi connectivity index (χ4n) is 9.83. The normalized spacial score (nSPS) is 12.5. The molecule has 0 amide bonds. The maximum Gasteiger partial charge on any atom is 0.0570 e. The molecule has 11 aromatic carbocycles. The number of para-hydroxylation sites is 2. The molecule has 12 aromatic rings.